The highest BCUT2D eigenvalue weighted by Gasteiger charge is 1.80. The minimum absolute atomic E-state index is 0.720. The first-order valence-electron chi connectivity index (χ1n) is 2.51. The highest BCUT2D eigenvalue weighted by molar-refractivity contribution is 9.09. The first-order chi connectivity index (χ1) is 3.81. The second-order valence-electron chi connectivity index (χ2n) is 1.64. The third kappa shape index (κ3) is 4.34. The van der Waals surface area contributed by atoms with Crippen molar-refractivity contribution in [1.29, 1.82) is 0 Å². The molecule has 0 atom stereocenters. The van der Waals surface area contributed by atoms with Crippen molar-refractivity contribution in [2.24, 2.45) is 0 Å². The van der Waals surface area contributed by atoms with E-state index in [4.69, 9.17) is 4.74 Å². The predicted molar refractivity (Wildman–Crippen MR) is 39.4 cm³/mol. The van der Waals surface area contributed by atoms with E-state index in [0.29, 0.717) is 0 Å². The van der Waals surface area contributed by atoms with E-state index in [1.807, 2.05) is 0 Å². The van der Waals surface area contributed by atoms with E-state index in [1.165, 1.54) is 5.57 Å². The number of ether oxygens (including phenoxy) is 1. The molecule has 0 saturated carbocycles. The Labute approximate surface area is 58.9 Å². The van der Waals surface area contributed by atoms with Crippen LogP contribution in [0.2, 0.25) is 0 Å². The van der Waals surface area contributed by atoms with Crippen LogP contribution in [-0.2, 0) is 4.74 Å². The predicted octanol–water partition coefficient (Wildman–Crippen LogP) is 1.97. The van der Waals surface area contributed by atoms with Crippen molar-refractivity contribution < 1.29 is 4.74 Å². The van der Waals surface area contributed by atoms with Crippen LogP contribution in [0.15, 0.2) is 11.6 Å². The molecule has 0 spiro atoms. The van der Waals surface area contributed by atoms with Gasteiger partial charge in [0, 0.05) is 12.4 Å². The molecule has 0 amide bonds. The molecule has 0 fully saturated rings. The summed E-state index contributed by atoms with van der Waals surface area (Å²) >= 11 is 3.32. The van der Waals surface area contributed by atoms with Crippen molar-refractivity contribution in [2.75, 3.05) is 19.0 Å². The van der Waals surface area contributed by atoms with Crippen LogP contribution in [0.1, 0.15) is 6.92 Å². The SMILES string of the molecule is COC/C=C(\C)CBr. The summed E-state index contributed by atoms with van der Waals surface area (Å²) in [5, 5.41) is 0.941. The number of halogens is 1. The van der Waals surface area contributed by atoms with Crippen LogP contribution in [-0.4, -0.2) is 19.0 Å². The first-order valence-corrected chi connectivity index (χ1v) is 3.64. The average Bonchev–Trinajstić information content (AvgIpc) is 1.83. The summed E-state index contributed by atoms with van der Waals surface area (Å²) < 4.78 is 4.82. The van der Waals surface area contributed by atoms with Crippen LogP contribution in [0.5, 0.6) is 0 Å². The normalized spacial score (nSPS) is 12.1. The summed E-state index contributed by atoms with van der Waals surface area (Å²) in [6, 6.07) is 0. The summed E-state index contributed by atoms with van der Waals surface area (Å²) in [4.78, 5) is 0. The molecule has 1 nitrogen and oxygen atoms in total. The Balaban J connectivity index is 3.26. The molecule has 0 bridgehead atoms. The van der Waals surface area contributed by atoms with Gasteiger partial charge in [-0.15, -0.1) is 0 Å². The summed E-state index contributed by atoms with van der Waals surface area (Å²) in [5.74, 6) is 0. The lowest BCUT2D eigenvalue weighted by Crippen LogP contribution is -1.84. The molecule has 0 aliphatic heterocycles. The Bertz CT molecular complexity index is 78.6. The van der Waals surface area contributed by atoms with E-state index in [9.17, 15) is 0 Å². The molecule has 0 aromatic carbocycles. The van der Waals surface area contributed by atoms with Gasteiger partial charge in [-0.25, -0.2) is 0 Å². The van der Waals surface area contributed by atoms with Gasteiger partial charge in [0.2, 0.25) is 0 Å². The zero-order valence-corrected chi connectivity index (χ0v) is 6.86. The minimum atomic E-state index is 0.720. The van der Waals surface area contributed by atoms with Gasteiger partial charge in [-0.05, 0) is 6.92 Å². The van der Waals surface area contributed by atoms with Crippen LogP contribution in [0.3, 0.4) is 0 Å². The number of rotatable bonds is 3. The molecule has 0 aromatic heterocycles. The maximum Gasteiger partial charge on any atom is 0.0646 e. The fourth-order valence-electron chi connectivity index (χ4n) is 0.280. The Morgan fingerprint density at radius 2 is 2.38 bits per heavy atom. The standard InChI is InChI=1S/C6H11BrO/c1-6(5-7)3-4-8-2/h3H,4-5H2,1-2H3/b6-3+. The number of methoxy groups -OCH3 is 1. The van der Waals surface area contributed by atoms with Gasteiger partial charge in [0.15, 0.2) is 0 Å². The summed E-state index contributed by atoms with van der Waals surface area (Å²) in [5.41, 5.74) is 1.31. The molecule has 0 heterocycles. The molecular weight excluding hydrogens is 168 g/mol. The van der Waals surface area contributed by atoms with Gasteiger partial charge >= 0.3 is 0 Å². The van der Waals surface area contributed by atoms with E-state index in [1.54, 1.807) is 7.11 Å². The lowest BCUT2D eigenvalue weighted by atomic mass is 10.3. The summed E-state index contributed by atoms with van der Waals surface area (Å²) in [6.07, 6.45) is 2.05. The zero-order chi connectivity index (χ0) is 6.41. The van der Waals surface area contributed by atoms with Crippen molar-refractivity contribution in [1.82, 2.24) is 0 Å². The molecule has 2 heteroatoms. The number of allylic oxidation sites excluding steroid dienone is 1. The smallest absolute Gasteiger partial charge is 0.0646 e. The maximum absolute atomic E-state index is 4.82. The Kier molecular flexibility index (Phi) is 5.44. The van der Waals surface area contributed by atoms with Crippen molar-refractivity contribution in [3.05, 3.63) is 11.6 Å². The molecule has 0 radical (unpaired) electrons. The van der Waals surface area contributed by atoms with Gasteiger partial charge in [0.25, 0.3) is 0 Å². The third-order valence-electron chi connectivity index (χ3n) is 0.809. The van der Waals surface area contributed by atoms with Crippen LogP contribution in [0.25, 0.3) is 0 Å². The molecule has 8 heavy (non-hydrogen) atoms. The topological polar surface area (TPSA) is 9.23 Å². The quantitative estimate of drug-likeness (QED) is 0.475. The maximum atomic E-state index is 4.82. The fourth-order valence-corrected chi connectivity index (χ4v) is 0.509. The second kappa shape index (κ2) is 5.32. The minimum Gasteiger partial charge on any atom is -0.381 e. The van der Waals surface area contributed by atoms with Crippen LogP contribution in [0.4, 0.5) is 0 Å². The van der Waals surface area contributed by atoms with E-state index in [-0.39, 0.29) is 0 Å². The van der Waals surface area contributed by atoms with Crippen LogP contribution >= 0.6 is 15.9 Å². The summed E-state index contributed by atoms with van der Waals surface area (Å²) in [6.45, 7) is 2.78. The lowest BCUT2D eigenvalue weighted by molar-refractivity contribution is 0.233. The molecule has 0 N–H and O–H groups in total. The molecule has 0 aliphatic rings. The Hall–Kier alpha value is 0.180. The molecule has 0 saturated heterocycles. The third-order valence-corrected chi connectivity index (χ3v) is 1.69. The fraction of sp³-hybridized carbons (Fsp3) is 0.667. The summed E-state index contributed by atoms with van der Waals surface area (Å²) in [7, 11) is 1.69. The van der Waals surface area contributed by atoms with E-state index >= 15 is 0 Å². The number of hydrogen-bond donors (Lipinski definition) is 0. The Morgan fingerprint density at radius 3 is 2.75 bits per heavy atom. The van der Waals surface area contributed by atoms with E-state index in [0.717, 1.165) is 11.9 Å². The average molecular weight is 179 g/mol. The van der Waals surface area contributed by atoms with E-state index < -0.39 is 0 Å². The van der Waals surface area contributed by atoms with Crippen LogP contribution in [0, 0.1) is 0 Å². The number of alkyl halides is 1. The zero-order valence-electron chi connectivity index (χ0n) is 5.28. The molecule has 0 aromatic rings. The van der Waals surface area contributed by atoms with Gasteiger partial charge in [-0.2, -0.15) is 0 Å². The molecule has 0 aliphatic carbocycles. The van der Waals surface area contributed by atoms with Crippen molar-refractivity contribution in [3.63, 3.8) is 0 Å². The molecule has 0 unspecified atom stereocenters. The molecular formula is C6H11BrO. The van der Waals surface area contributed by atoms with Gasteiger partial charge in [-0.1, -0.05) is 27.6 Å². The second-order valence-corrected chi connectivity index (χ2v) is 2.20. The van der Waals surface area contributed by atoms with Crippen LogP contribution < -0.4 is 0 Å². The number of hydrogen-bond acceptors (Lipinski definition) is 1. The van der Waals surface area contributed by atoms with Crippen molar-refractivity contribution in [2.45, 2.75) is 6.92 Å². The monoisotopic (exact) mass is 178 g/mol. The highest BCUT2D eigenvalue weighted by atomic mass is 79.9. The van der Waals surface area contributed by atoms with Gasteiger partial charge in [0.1, 0.15) is 0 Å². The first kappa shape index (κ1) is 8.18. The van der Waals surface area contributed by atoms with Gasteiger partial charge in [0.05, 0.1) is 6.61 Å². The largest absolute Gasteiger partial charge is 0.381 e. The van der Waals surface area contributed by atoms with Crippen molar-refractivity contribution in [3.8, 4) is 0 Å². The van der Waals surface area contributed by atoms with Gasteiger partial charge < -0.3 is 4.74 Å². The molecule has 48 valence electrons. The molecule has 0 rings (SSSR count). The Morgan fingerprint density at radius 1 is 1.75 bits per heavy atom. The van der Waals surface area contributed by atoms with E-state index in [2.05, 4.69) is 28.9 Å². The van der Waals surface area contributed by atoms with Gasteiger partial charge in [-0.3, -0.25) is 0 Å². The highest BCUT2D eigenvalue weighted by Crippen LogP contribution is 1.95. The lowest BCUT2D eigenvalue weighted by Gasteiger charge is -1.91. The van der Waals surface area contributed by atoms with Crippen molar-refractivity contribution >= 4 is 15.9 Å².